The van der Waals surface area contributed by atoms with Gasteiger partial charge in [-0.25, -0.2) is 0 Å². The number of rotatable bonds is 5. The Balaban J connectivity index is 0.00000225. The molecule has 16 heavy (non-hydrogen) atoms. The highest BCUT2D eigenvalue weighted by atomic mass is 35.5. The summed E-state index contributed by atoms with van der Waals surface area (Å²) in [7, 11) is 1.63. The van der Waals surface area contributed by atoms with Crippen LogP contribution in [0.2, 0.25) is 5.02 Å². The maximum Gasteiger partial charge on any atom is 0.123 e. The van der Waals surface area contributed by atoms with Gasteiger partial charge >= 0.3 is 0 Å². The van der Waals surface area contributed by atoms with E-state index in [1.54, 1.807) is 13.2 Å². The lowest BCUT2D eigenvalue weighted by Crippen LogP contribution is -2.13. The maximum absolute atomic E-state index is 6.03. The van der Waals surface area contributed by atoms with Crippen LogP contribution in [0.4, 0.5) is 0 Å². The summed E-state index contributed by atoms with van der Waals surface area (Å²) in [6.07, 6.45) is 1.74. The van der Waals surface area contributed by atoms with Crippen LogP contribution in [0.25, 0.3) is 0 Å². The van der Waals surface area contributed by atoms with Crippen LogP contribution in [-0.2, 0) is 0 Å². The predicted molar refractivity (Wildman–Crippen MR) is 70.5 cm³/mol. The molecule has 0 spiro atoms. The Kier molecular flexibility index (Phi) is 7.51. The van der Waals surface area contributed by atoms with Gasteiger partial charge in [-0.15, -0.1) is 12.4 Å². The van der Waals surface area contributed by atoms with Gasteiger partial charge in [0, 0.05) is 16.6 Å². The topological polar surface area (TPSA) is 61.3 Å². The van der Waals surface area contributed by atoms with E-state index in [1.807, 2.05) is 12.1 Å². The van der Waals surface area contributed by atoms with Crippen molar-refractivity contribution < 1.29 is 4.74 Å². The van der Waals surface area contributed by atoms with Gasteiger partial charge in [-0.3, -0.25) is 0 Å². The quantitative estimate of drug-likeness (QED) is 0.859. The number of ether oxygens (including phenoxy) is 1. The zero-order chi connectivity index (χ0) is 11.3. The third-order valence-corrected chi connectivity index (χ3v) is 2.55. The molecule has 1 aromatic carbocycles. The fraction of sp³-hybridized carbons (Fsp3) is 0.455. The van der Waals surface area contributed by atoms with E-state index in [-0.39, 0.29) is 18.4 Å². The van der Waals surface area contributed by atoms with Crippen LogP contribution in [-0.4, -0.2) is 13.7 Å². The van der Waals surface area contributed by atoms with Crippen LogP contribution < -0.4 is 16.2 Å². The Morgan fingerprint density at radius 2 is 2.12 bits per heavy atom. The maximum atomic E-state index is 6.03. The molecule has 92 valence electrons. The lowest BCUT2D eigenvalue weighted by atomic mass is 10.0. The van der Waals surface area contributed by atoms with Gasteiger partial charge < -0.3 is 16.2 Å². The Hall–Kier alpha value is -0.480. The van der Waals surface area contributed by atoms with Crippen LogP contribution in [0.3, 0.4) is 0 Å². The molecule has 1 rings (SSSR count). The molecule has 0 aliphatic heterocycles. The summed E-state index contributed by atoms with van der Waals surface area (Å²) in [6, 6.07) is 5.41. The molecular weight excluding hydrogens is 247 g/mol. The SMILES string of the molecule is COc1ccc(Cl)cc1[C@H](N)CCCN.Cl. The molecule has 0 bridgehead atoms. The fourth-order valence-electron chi connectivity index (χ4n) is 1.49. The first kappa shape index (κ1) is 15.5. The summed E-state index contributed by atoms with van der Waals surface area (Å²) in [6.45, 7) is 0.649. The molecule has 0 saturated carbocycles. The number of methoxy groups -OCH3 is 1. The first-order valence-corrected chi connectivity index (χ1v) is 5.36. The Labute approximate surface area is 108 Å². The monoisotopic (exact) mass is 264 g/mol. The van der Waals surface area contributed by atoms with Crippen molar-refractivity contribution in [1.82, 2.24) is 0 Å². The standard InChI is InChI=1S/C11H17ClN2O.ClH/c1-15-11-5-4-8(12)7-9(11)10(14)3-2-6-13;/h4-5,7,10H,2-3,6,13-14H2,1H3;1H/t10-;/m1./s1. The molecule has 0 amide bonds. The van der Waals surface area contributed by atoms with Crippen molar-refractivity contribution in [2.45, 2.75) is 18.9 Å². The van der Waals surface area contributed by atoms with Crippen molar-refractivity contribution in [2.24, 2.45) is 11.5 Å². The molecule has 0 radical (unpaired) electrons. The zero-order valence-electron chi connectivity index (χ0n) is 9.28. The second-order valence-electron chi connectivity index (χ2n) is 3.42. The number of nitrogens with two attached hydrogens (primary N) is 2. The molecule has 0 aromatic heterocycles. The van der Waals surface area contributed by atoms with Gasteiger partial charge in [-0.05, 0) is 37.6 Å². The summed E-state index contributed by atoms with van der Waals surface area (Å²) < 4.78 is 5.23. The fourth-order valence-corrected chi connectivity index (χ4v) is 1.67. The second-order valence-corrected chi connectivity index (χ2v) is 3.86. The average Bonchev–Trinajstić information content (AvgIpc) is 2.25. The third-order valence-electron chi connectivity index (χ3n) is 2.31. The molecular formula is C11H18Cl2N2O. The van der Waals surface area contributed by atoms with E-state index in [2.05, 4.69) is 0 Å². The van der Waals surface area contributed by atoms with Crippen molar-refractivity contribution in [3.05, 3.63) is 28.8 Å². The van der Waals surface area contributed by atoms with Gasteiger partial charge in [-0.1, -0.05) is 11.6 Å². The van der Waals surface area contributed by atoms with Crippen LogP contribution in [0.15, 0.2) is 18.2 Å². The molecule has 0 aliphatic carbocycles. The largest absolute Gasteiger partial charge is 0.496 e. The number of benzene rings is 1. The van der Waals surface area contributed by atoms with Crippen molar-refractivity contribution in [3.8, 4) is 5.75 Å². The molecule has 4 N–H and O–H groups in total. The summed E-state index contributed by atoms with van der Waals surface area (Å²) in [5.74, 6) is 0.781. The summed E-state index contributed by atoms with van der Waals surface area (Å²) in [4.78, 5) is 0. The van der Waals surface area contributed by atoms with Crippen LogP contribution in [0.5, 0.6) is 5.75 Å². The highest BCUT2D eigenvalue weighted by molar-refractivity contribution is 6.30. The minimum Gasteiger partial charge on any atom is -0.496 e. The highest BCUT2D eigenvalue weighted by Gasteiger charge is 2.11. The van der Waals surface area contributed by atoms with E-state index in [4.69, 9.17) is 27.8 Å². The molecule has 0 heterocycles. The zero-order valence-corrected chi connectivity index (χ0v) is 10.9. The lowest BCUT2D eigenvalue weighted by molar-refractivity contribution is 0.404. The Morgan fingerprint density at radius 1 is 1.44 bits per heavy atom. The summed E-state index contributed by atoms with van der Waals surface area (Å²) in [5.41, 5.74) is 12.4. The molecule has 0 saturated heterocycles. The van der Waals surface area contributed by atoms with Crippen molar-refractivity contribution in [3.63, 3.8) is 0 Å². The van der Waals surface area contributed by atoms with Gasteiger partial charge in [0.1, 0.15) is 5.75 Å². The molecule has 3 nitrogen and oxygen atoms in total. The molecule has 0 aliphatic rings. The summed E-state index contributed by atoms with van der Waals surface area (Å²) in [5, 5.41) is 0.675. The van der Waals surface area contributed by atoms with E-state index in [9.17, 15) is 0 Å². The van der Waals surface area contributed by atoms with Gasteiger partial charge in [-0.2, -0.15) is 0 Å². The third kappa shape index (κ3) is 4.18. The van der Waals surface area contributed by atoms with Gasteiger partial charge in [0.25, 0.3) is 0 Å². The van der Waals surface area contributed by atoms with Crippen LogP contribution >= 0.6 is 24.0 Å². The molecule has 5 heteroatoms. The number of hydrogen-bond acceptors (Lipinski definition) is 3. The molecule has 0 fully saturated rings. The number of hydrogen-bond donors (Lipinski definition) is 2. The highest BCUT2D eigenvalue weighted by Crippen LogP contribution is 2.29. The Bertz CT molecular complexity index is 321. The second kappa shape index (κ2) is 7.74. The average molecular weight is 265 g/mol. The van der Waals surface area contributed by atoms with E-state index >= 15 is 0 Å². The van der Waals surface area contributed by atoms with E-state index in [0.29, 0.717) is 11.6 Å². The summed E-state index contributed by atoms with van der Waals surface area (Å²) >= 11 is 5.92. The van der Waals surface area contributed by atoms with Crippen molar-refractivity contribution >= 4 is 24.0 Å². The normalized spacial score (nSPS) is 11.8. The van der Waals surface area contributed by atoms with E-state index < -0.39 is 0 Å². The van der Waals surface area contributed by atoms with Gasteiger partial charge in [0.05, 0.1) is 7.11 Å². The predicted octanol–water partition coefficient (Wildman–Crippen LogP) is 2.51. The van der Waals surface area contributed by atoms with Gasteiger partial charge in [0.15, 0.2) is 0 Å². The van der Waals surface area contributed by atoms with Gasteiger partial charge in [0.2, 0.25) is 0 Å². The minimum absolute atomic E-state index is 0. The first-order chi connectivity index (χ1) is 7.19. The van der Waals surface area contributed by atoms with E-state index in [0.717, 1.165) is 24.2 Å². The van der Waals surface area contributed by atoms with Crippen molar-refractivity contribution in [1.29, 1.82) is 0 Å². The Morgan fingerprint density at radius 3 is 2.69 bits per heavy atom. The lowest BCUT2D eigenvalue weighted by Gasteiger charge is -2.15. The van der Waals surface area contributed by atoms with Crippen LogP contribution in [0, 0.1) is 0 Å². The minimum atomic E-state index is -0.0674. The van der Waals surface area contributed by atoms with Crippen LogP contribution in [0.1, 0.15) is 24.4 Å². The molecule has 0 unspecified atom stereocenters. The smallest absolute Gasteiger partial charge is 0.123 e. The molecule has 1 aromatic rings. The van der Waals surface area contributed by atoms with E-state index in [1.165, 1.54) is 0 Å². The number of halogens is 2. The van der Waals surface area contributed by atoms with Crippen molar-refractivity contribution in [2.75, 3.05) is 13.7 Å². The first-order valence-electron chi connectivity index (χ1n) is 4.98. The molecule has 1 atom stereocenters.